The third-order valence-corrected chi connectivity index (χ3v) is 8.11. The molecule has 11 heteroatoms. The van der Waals surface area contributed by atoms with Gasteiger partial charge in [0.1, 0.15) is 0 Å². The molecule has 0 heterocycles. The fraction of sp³-hybridized carbons (Fsp3) is 1.00. The van der Waals surface area contributed by atoms with E-state index in [-0.39, 0.29) is 13.0 Å². The summed E-state index contributed by atoms with van der Waals surface area (Å²) in [5.41, 5.74) is 5.09. The van der Waals surface area contributed by atoms with Gasteiger partial charge in [0.05, 0.1) is 3.92 Å². The number of nitrogens with two attached hydrogens (primary N) is 1. The fourth-order valence-corrected chi connectivity index (χ4v) is 5.76. The largest absolute Gasteiger partial charge is 0.370 e. The summed E-state index contributed by atoms with van der Waals surface area (Å²) in [6, 6.07) is 0. The Balaban J connectivity index is 5.43. The van der Waals surface area contributed by atoms with Gasteiger partial charge in [0.15, 0.2) is 0 Å². The van der Waals surface area contributed by atoms with Gasteiger partial charge >= 0.3 is 15.2 Å². The van der Waals surface area contributed by atoms with Crippen LogP contribution in [-0.2, 0) is 9.13 Å². The molecule has 0 aromatic rings. The fourth-order valence-electron chi connectivity index (χ4n) is 0.875. The minimum absolute atomic E-state index is 0.0596. The van der Waals surface area contributed by atoms with Gasteiger partial charge in [0.25, 0.3) is 5.08 Å². The van der Waals surface area contributed by atoms with Crippen molar-refractivity contribution in [3.05, 3.63) is 0 Å². The summed E-state index contributed by atoms with van der Waals surface area (Å²) in [6.07, 6.45) is -0.132. The van der Waals surface area contributed by atoms with Gasteiger partial charge in [-0.05, 0) is 13.0 Å². The predicted molar refractivity (Wildman–Crippen MR) is 60.5 cm³/mol. The first-order chi connectivity index (χ1) is 6.48. The van der Waals surface area contributed by atoms with E-state index >= 15 is 0 Å². The maximum absolute atomic E-state index is 10.9. The third kappa shape index (κ3) is 3.21. The van der Waals surface area contributed by atoms with Crippen LogP contribution >= 0.6 is 37.8 Å². The summed E-state index contributed by atoms with van der Waals surface area (Å²) in [7, 11) is -10.7. The molecule has 15 heavy (non-hydrogen) atoms. The smallest absolute Gasteiger partial charge is 0.367 e. The number of hydrogen-bond acceptors (Lipinski definition) is 4. The van der Waals surface area contributed by atoms with Crippen molar-refractivity contribution < 1.29 is 33.8 Å². The molecule has 1 unspecified atom stereocenters. The Morgan fingerprint density at radius 3 is 1.73 bits per heavy atom. The standard InChI is InChI=1S/C4H12INO7P2/c5-3(1-2-6)4(7,14(8,9)10)15(11,12)13/h3,7H,1-2,6H2,(H2,8,9,10)(H2,11,12,13). The Morgan fingerprint density at radius 1 is 1.20 bits per heavy atom. The minimum atomic E-state index is -5.37. The Labute approximate surface area is 99.3 Å². The number of rotatable bonds is 5. The lowest BCUT2D eigenvalue weighted by Crippen LogP contribution is -2.39. The van der Waals surface area contributed by atoms with Crippen LogP contribution in [0.2, 0.25) is 0 Å². The first kappa shape index (κ1) is 16.0. The van der Waals surface area contributed by atoms with Gasteiger partial charge in [-0.1, -0.05) is 22.6 Å². The summed E-state index contributed by atoms with van der Waals surface area (Å²) in [4.78, 5) is 35.2. The second-order valence-corrected chi connectivity index (χ2v) is 8.22. The number of hydrogen-bond donors (Lipinski definition) is 6. The summed E-state index contributed by atoms with van der Waals surface area (Å²) < 4.78 is 20.5. The van der Waals surface area contributed by atoms with Crippen LogP contribution in [0.1, 0.15) is 6.42 Å². The molecule has 0 amide bonds. The van der Waals surface area contributed by atoms with Crippen LogP contribution in [0, 0.1) is 0 Å². The Kier molecular flexibility index (Phi) is 5.39. The monoisotopic (exact) mass is 375 g/mol. The predicted octanol–water partition coefficient (Wildman–Crippen LogP) is -0.860. The van der Waals surface area contributed by atoms with Crippen molar-refractivity contribution in [1.29, 1.82) is 0 Å². The van der Waals surface area contributed by atoms with E-state index in [0.29, 0.717) is 0 Å². The van der Waals surface area contributed by atoms with Crippen LogP contribution in [0.25, 0.3) is 0 Å². The van der Waals surface area contributed by atoms with Gasteiger partial charge in [0.2, 0.25) is 0 Å². The van der Waals surface area contributed by atoms with E-state index in [4.69, 9.17) is 25.3 Å². The van der Waals surface area contributed by atoms with Gasteiger partial charge in [-0.3, -0.25) is 9.13 Å². The average Bonchev–Trinajstić information content (AvgIpc) is 1.99. The molecule has 0 bridgehead atoms. The van der Waals surface area contributed by atoms with Gasteiger partial charge in [-0.15, -0.1) is 0 Å². The molecular formula is C4H12INO7P2. The molecule has 0 fully saturated rings. The van der Waals surface area contributed by atoms with Gasteiger partial charge in [0, 0.05) is 0 Å². The van der Waals surface area contributed by atoms with Crippen molar-refractivity contribution in [2.75, 3.05) is 6.54 Å². The normalized spacial score (nSPS) is 16.5. The van der Waals surface area contributed by atoms with E-state index in [2.05, 4.69) is 0 Å². The maximum Gasteiger partial charge on any atom is 0.370 e. The van der Waals surface area contributed by atoms with E-state index < -0.39 is 24.2 Å². The summed E-state index contributed by atoms with van der Waals surface area (Å²) in [5, 5.41) is 6.12. The van der Waals surface area contributed by atoms with E-state index in [1.807, 2.05) is 0 Å². The molecule has 0 aliphatic carbocycles. The molecule has 0 saturated heterocycles. The third-order valence-electron chi connectivity index (χ3n) is 1.70. The first-order valence-corrected chi connectivity index (χ1v) is 8.13. The molecule has 0 rings (SSSR count). The maximum atomic E-state index is 10.9. The SMILES string of the molecule is NCCC(I)C(O)(P(=O)(O)O)P(=O)(O)O. The van der Waals surface area contributed by atoms with Crippen LogP contribution in [0.3, 0.4) is 0 Å². The van der Waals surface area contributed by atoms with Crippen LogP contribution in [0.15, 0.2) is 0 Å². The van der Waals surface area contributed by atoms with Gasteiger partial charge in [-0.25, -0.2) is 0 Å². The van der Waals surface area contributed by atoms with Crippen molar-refractivity contribution in [3.63, 3.8) is 0 Å². The Bertz CT molecular complexity index is 288. The molecule has 0 spiro atoms. The first-order valence-electron chi connectivity index (χ1n) is 3.66. The highest BCUT2D eigenvalue weighted by Gasteiger charge is 2.63. The summed E-state index contributed by atoms with van der Waals surface area (Å²) >= 11 is 1.36. The number of alkyl halides is 1. The van der Waals surface area contributed by atoms with E-state index in [0.717, 1.165) is 0 Å². The summed E-state index contributed by atoms with van der Waals surface area (Å²) in [5.74, 6) is 0. The molecular weight excluding hydrogens is 363 g/mol. The molecule has 0 aromatic carbocycles. The zero-order valence-electron chi connectivity index (χ0n) is 7.39. The zero-order valence-corrected chi connectivity index (χ0v) is 11.3. The topological polar surface area (TPSA) is 161 Å². The van der Waals surface area contributed by atoms with Crippen LogP contribution in [0.5, 0.6) is 0 Å². The molecule has 8 nitrogen and oxygen atoms in total. The van der Waals surface area contributed by atoms with Crippen LogP contribution < -0.4 is 5.73 Å². The van der Waals surface area contributed by atoms with Crippen molar-refractivity contribution in [3.8, 4) is 0 Å². The lowest BCUT2D eigenvalue weighted by Gasteiger charge is -2.33. The highest BCUT2D eigenvalue weighted by Crippen LogP contribution is 2.70. The highest BCUT2D eigenvalue weighted by atomic mass is 127. The quantitative estimate of drug-likeness (QED) is 0.206. The Morgan fingerprint density at radius 2 is 1.53 bits per heavy atom. The average molecular weight is 375 g/mol. The Hall–Kier alpha value is 0.950. The molecule has 0 aliphatic heterocycles. The van der Waals surface area contributed by atoms with Gasteiger partial charge < -0.3 is 30.4 Å². The van der Waals surface area contributed by atoms with Gasteiger partial charge in [-0.2, -0.15) is 0 Å². The number of aliphatic hydroxyl groups is 1. The molecule has 1 atom stereocenters. The van der Waals surface area contributed by atoms with Crippen LogP contribution in [-0.4, -0.2) is 40.2 Å². The van der Waals surface area contributed by atoms with Crippen molar-refractivity contribution in [1.82, 2.24) is 0 Å². The molecule has 7 N–H and O–H groups in total. The molecule has 0 radical (unpaired) electrons. The van der Waals surface area contributed by atoms with Crippen molar-refractivity contribution in [2.45, 2.75) is 15.4 Å². The van der Waals surface area contributed by atoms with E-state index in [9.17, 15) is 14.2 Å². The lowest BCUT2D eigenvalue weighted by atomic mass is 10.3. The second kappa shape index (κ2) is 5.07. The molecule has 0 aromatic heterocycles. The lowest BCUT2D eigenvalue weighted by molar-refractivity contribution is 0.130. The van der Waals surface area contributed by atoms with Crippen molar-refractivity contribution in [2.24, 2.45) is 5.73 Å². The minimum Gasteiger partial charge on any atom is -0.367 e. The van der Waals surface area contributed by atoms with E-state index in [1.54, 1.807) is 0 Å². The van der Waals surface area contributed by atoms with Crippen molar-refractivity contribution >= 4 is 37.8 Å². The second-order valence-electron chi connectivity index (χ2n) is 2.82. The number of halogens is 1. The van der Waals surface area contributed by atoms with Crippen LogP contribution in [0.4, 0.5) is 0 Å². The van der Waals surface area contributed by atoms with E-state index in [1.165, 1.54) is 22.6 Å². The molecule has 0 aliphatic rings. The zero-order chi connectivity index (χ0) is 12.5. The summed E-state index contributed by atoms with van der Waals surface area (Å²) in [6.45, 7) is -0.0596. The molecule has 0 saturated carbocycles. The molecule has 92 valence electrons. The highest BCUT2D eigenvalue weighted by molar-refractivity contribution is 14.1.